The van der Waals surface area contributed by atoms with Gasteiger partial charge in [0, 0.05) is 0 Å². The number of carbonyl (C=O) groups excluding carboxylic acids is 6. The summed E-state index contributed by atoms with van der Waals surface area (Å²) in [6.45, 7) is 0. The highest BCUT2D eigenvalue weighted by Crippen LogP contribution is 1.99. The van der Waals surface area contributed by atoms with Gasteiger partial charge in [0.05, 0.1) is 19.3 Å². The topological polar surface area (TPSA) is 162 Å². The van der Waals surface area contributed by atoms with Gasteiger partial charge >= 0.3 is 15.1 Å². The van der Waals surface area contributed by atoms with Crippen LogP contribution >= 0.6 is 0 Å². The number of hydrogen-bond acceptors (Lipinski definition) is 9. The van der Waals surface area contributed by atoms with Crippen LogP contribution in [0.25, 0.3) is 0 Å². The average molecular weight is 306 g/mol. The lowest BCUT2D eigenvalue weighted by atomic mass is 10.5. The van der Waals surface area contributed by atoms with Gasteiger partial charge in [-0.2, -0.15) is 0 Å². The minimum atomic E-state index is -3.53. The number of aldehydes is 3. The molecule has 0 spiro atoms. The van der Waals surface area contributed by atoms with Crippen molar-refractivity contribution in [2.45, 2.75) is 19.3 Å². The van der Waals surface area contributed by atoms with Gasteiger partial charge in [0.25, 0.3) is 17.9 Å². The van der Waals surface area contributed by atoms with Crippen LogP contribution in [0, 0.1) is 0 Å². The summed E-state index contributed by atoms with van der Waals surface area (Å²) in [6.07, 6.45) is -1.10. The predicted molar refractivity (Wildman–Crippen MR) is 59.7 cm³/mol. The van der Waals surface area contributed by atoms with Crippen LogP contribution in [-0.4, -0.2) is 57.4 Å². The SMILES string of the molecule is O.O=CCC(=O)[O][Al]([O]C(=O)CC=O)[O]C(=O)CC=O. The highest BCUT2D eigenvalue weighted by Gasteiger charge is 2.48. The Hall–Kier alpha value is -2.09. The summed E-state index contributed by atoms with van der Waals surface area (Å²) in [5.41, 5.74) is 0. The fourth-order valence-corrected chi connectivity index (χ4v) is 1.82. The van der Waals surface area contributed by atoms with Gasteiger partial charge in [-0.1, -0.05) is 0 Å². The molecule has 10 nitrogen and oxygen atoms in total. The van der Waals surface area contributed by atoms with Crippen LogP contribution in [-0.2, 0) is 40.1 Å². The van der Waals surface area contributed by atoms with Crippen molar-refractivity contribution >= 4 is 51.9 Å². The first-order chi connectivity index (χ1) is 9.03. The van der Waals surface area contributed by atoms with E-state index in [0.717, 1.165) is 0 Å². The van der Waals surface area contributed by atoms with Crippen LogP contribution in [0.3, 0.4) is 0 Å². The van der Waals surface area contributed by atoms with E-state index in [4.69, 9.17) is 0 Å². The first-order valence-corrected chi connectivity index (χ1v) is 6.34. The van der Waals surface area contributed by atoms with Gasteiger partial charge < -0.3 is 31.2 Å². The third-order valence-electron chi connectivity index (χ3n) is 1.43. The van der Waals surface area contributed by atoms with E-state index in [0.29, 0.717) is 0 Å². The summed E-state index contributed by atoms with van der Waals surface area (Å²) in [7, 11) is 0. The molecule has 2 N–H and O–H groups in total. The van der Waals surface area contributed by atoms with Crippen molar-refractivity contribution in [1.82, 2.24) is 0 Å². The van der Waals surface area contributed by atoms with Gasteiger partial charge in [-0.05, 0) is 0 Å². The summed E-state index contributed by atoms with van der Waals surface area (Å²) in [5.74, 6) is -3.15. The molecule has 0 unspecified atom stereocenters. The first-order valence-electron chi connectivity index (χ1n) is 4.92. The van der Waals surface area contributed by atoms with E-state index in [2.05, 4.69) is 11.4 Å². The van der Waals surface area contributed by atoms with Crippen LogP contribution in [0.4, 0.5) is 0 Å². The van der Waals surface area contributed by atoms with Gasteiger partial charge in [0.15, 0.2) is 0 Å². The molecule has 0 fully saturated rings. The van der Waals surface area contributed by atoms with Crippen molar-refractivity contribution in [3.63, 3.8) is 0 Å². The minimum absolute atomic E-state index is 0. The molecule has 0 amide bonds. The Morgan fingerprint density at radius 3 is 1.15 bits per heavy atom. The van der Waals surface area contributed by atoms with E-state index in [1.165, 1.54) is 0 Å². The molecule has 0 aliphatic heterocycles. The Morgan fingerprint density at radius 2 is 0.950 bits per heavy atom. The first kappa shape index (κ1) is 20.2. The smallest absolute Gasteiger partial charge is 0.550 e. The molecule has 0 saturated heterocycles. The second-order valence-corrected chi connectivity index (χ2v) is 4.16. The molecular weight excluding hydrogens is 295 g/mol. The average Bonchev–Trinajstić information content (AvgIpc) is 2.29. The van der Waals surface area contributed by atoms with Crippen molar-refractivity contribution < 1.29 is 45.6 Å². The van der Waals surface area contributed by atoms with Crippen LogP contribution in [0.1, 0.15) is 19.3 Å². The Balaban J connectivity index is 0. The molecule has 110 valence electrons. The molecule has 0 radical (unpaired) electrons. The lowest BCUT2D eigenvalue weighted by Gasteiger charge is -2.11. The van der Waals surface area contributed by atoms with Gasteiger partial charge in [-0.15, -0.1) is 0 Å². The fraction of sp³-hybridized carbons (Fsp3) is 0.333. The third kappa shape index (κ3) is 9.89. The lowest BCUT2D eigenvalue weighted by Crippen LogP contribution is -2.35. The van der Waals surface area contributed by atoms with Crippen molar-refractivity contribution in [3.8, 4) is 0 Å². The second-order valence-electron chi connectivity index (χ2n) is 2.87. The normalized spacial score (nSPS) is 8.40. The van der Waals surface area contributed by atoms with Crippen LogP contribution in [0.5, 0.6) is 0 Å². The maximum absolute atomic E-state index is 11.0. The maximum atomic E-state index is 11.0. The van der Waals surface area contributed by atoms with Crippen LogP contribution < -0.4 is 0 Å². The third-order valence-corrected chi connectivity index (χ3v) is 2.80. The zero-order valence-corrected chi connectivity index (χ0v) is 11.3. The molecule has 0 aliphatic carbocycles. The maximum Gasteiger partial charge on any atom is 1.20 e. The second kappa shape index (κ2) is 12.0. The molecule has 20 heavy (non-hydrogen) atoms. The number of carbonyl (C=O) groups is 6. The molecule has 11 heteroatoms. The monoisotopic (exact) mass is 306 g/mol. The molecule has 0 atom stereocenters. The van der Waals surface area contributed by atoms with Gasteiger partial charge in [-0.25, -0.2) is 0 Å². The van der Waals surface area contributed by atoms with Crippen LogP contribution in [0.2, 0.25) is 0 Å². The molecule has 0 heterocycles. The summed E-state index contributed by atoms with van der Waals surface area (Å²) in [5, 5.41) is 0. The zero-order valence-electron chi connectivity index (χ0n) is 10.1. The Labute approximate surface area is 117 Å². The fourth-order valence-electron chi connectivity index (χ4n) is 0.743. The highest BCUT2D eigenvalue weighted by atomic mass is 27.3. The number of hydrogen-bond donors (Lipinski definition) is 0. The minimum Gasteiger partial charge on any atom is -0.550 e. The van der Waals surface area contributed by atoms with E-state index in [1.807, 2.05) is 0 Å². The van der Waals surface area contributed by atoms with E-state index in [-0.39, 0.29) is 24.3 Å². The molecule has 0 rings (SSSR count). The Morgan fingerprint density at radius 1 is 0.700 bits per heavy atom. The summed E-state index contributed by atoms with van der Waals surface area (Å²) in [4.78, 5) is 63.1. The molecular formula is C9H11AlO10. The van der Waals surface area contributed by atoms with E-state index >= 15 is 0 Å². The quantitative estimate of drug-likeness (QED) is 0.255. The lowest BCUT2D eigenvalue weighted by molar-refractivity contribution is -0.147. The van der Waals surface area contributed by atoms with Crippen molar-refractivity contribution in [2.24, 2.45) is 0 Å². The van der Waals surface area contributed by atoms with Gasteiger partial charge in [0.1, 0.15) is 18.9 Å². The van der Waals surface area contributed by atoms with E-state index in [1.54, 1.807) is 0 Å². The van der Waals surface area contributed by atoms with Gasteiger partial charge in [-0.3, -0.25) is 14.4 Å². The Kier molecular flexibility index (Phi) is 12.1. The van der Waals surface area contributed by atoms with Crippen molar-refractivity contribution in [1.29, 1.82) is 0 Å². The molecule has 0 aromatic heterocycles. The molecule has 0 aromatic rings. The highest BCUT2D eigenvalue weighted by molar-refractivity contribution is 6.44. The van der Waals surface area contributed by atoms with E-state index < -0.39 is 52.3 Å². The molecule has 0 aromatic carbocycles. The standard InChI is InChI=1S/3C3H4O3.Al.H2O/c3*4-2-1-3(5)6;;/h3*2H,1H2,(H,5,6);;1H2/q;;;+3;/p-3. The van der Waals surface area contributed by atoms with E-state index in [9.17, 15) is 28.8 Å². The van der Waals surface area contributed by atoms with Crippen molar-refractivity contribution in [2.75, 3.05) is 0 Å². The number of rotatable bonds is 9. The summed E-state index contributed by atoms with van der Waals surface area (Å²) < 4.78 is 13.4. The predicted octanol–water partition coefficient (Wildman–Crippen LogP) is -2.46. The van der Waals surface area contributed by atoms with Crippen LogP contribution in [0.15, 0.2) is 0 Å². The molecule has 0 aliphatic rings. The zero-order chi connectivity index (χ0) is 14.7. The van der Waals surface area contributed by atoms with Crippen molar-refractivity contribution in [3.05, 3.63) is 0 Å². The largest absolute Gasteiger partial charge is 1.20 e. The Bertz CT molecular complexity index is 322. The molecule has 0 bridgehead atoms. The summed E-state index contributed by atoms with van der Waals surface area (Å²) >= 11 is -3.53. The molecule has 0 saturated carbocycles. The summed E-state index contributed by atoms with van der Waals surface area (Å²) in [6, 6.07) is 0. The van der Waals surface area contributed by atoms with Gasteiger partial charge in [0.2, 0.25) is 0 Å².